The number of nitrogens with zero attached hydrogens (tertiary/aromatic N) is 1. The number of benzene rings is 2. The van der Waals surface area contributed by atoms with Gasteiger partial charge in [-0.05, 0) is 24.1 Å². The van der Waals surface area contributed by atoms with Crippen molar-refractivity contribution in [3.63, 3.8) is 0 Å². The molecule has 6 nitrogen and oxygen atoms in total. The smallest absolute Gasteiger partial charge is 0.378 e. The lowest BCUT2D eigenvalue weighted by Gasteiger charge is -2.11. The summed E-state index contributed by atoms with van der Waals surface area (Å²) in [5.41, 5.74) is -0.758. The molecule has 27 heavy (non-hydrogen) atoms. The predicted molar refractivity (Wildman–Crippen MR) is 94.4 cm³/mol. The lowest BCUT2D eigenvalue weighted by Crippen LogP contribution is -2.29. The predicted octanol–water partition coefficient (Wildman–Crippen LogP) is 3.77. The van der Waals surface area contributed by atoms with E-state index in [4.69, 9.17) is 0 Å². The first-order valence-corrected chi connectivity index (χ1v) is 8.17. The van der Waals surface area contributed by atoms with Crippen molar-refractivity contribution in [2.75, 3.05) is 18.4 Å². The van der Waals surface area contributed by atoms with Crippen molar-refractivity contribution in [1.82, 2.24) is 5.32 Å². The number of hydrogen-bond donors (Lipinski definition) is 2. The van der Waals surface area contributed by atoms with Gasteiger partial charge >= 0.3 is 6.18 Å². The van der Waals surface area contributed by atoms with Gasteiger partial charge in [0.05, 0.1) is 10.5 Å². The van der Waals surface area contributed by atoms with Crippen LogP contribution in [0.2, 0.25) is 0 Å². The van der Waals surface area contributed by atoms with Gasteiger partial charge in [0, 0.05) is 25.6 Å². The number of nitro benzene ring substituents is 1. The summed E-state index contributed by atoms with van der Waals surface area (Å²) >= 11 is 0. The summed E-state index contributed by atoms with van der Waals surface area (Å²) in [5, 5.41) is 16.3. The molecule has 0 spiro atoms. The zero-order chi connectivity index (χ0) is 19.9. The van der Waals surface area contributed by atoms with Gasteiger partial charge in [-0.15, -0.1) is 0 Å². The van der Waals surface area contributed by atoms with Crippen LogP contribution in [0, 0.1) is 10.1 Å². The Balaban J connectivity index is 1.82. The van der Waals surface area contributed by atoms with Gasteiger partial charge in [-0.2, -0.15) is 13.2 Å². The molecule has 2 aromatic rings. The van der Waals surface area contributed by atoms with Gasteiger partial charge in [-0.3, -0.25) is 14.9 Å². The molecular formula is C18H18F3N3O3. The van der Waals surface area contributed by atoms with Gasteiger partial charge in [-0.25, -0.2) is 0 Å². The van der Waals surface area contributed by atoms with Crippen molar-refractivity contribution in [3.8, 4) is 0 Å². The number of nitrogens with one attached hydrogen (secondary N) is 2. The van der Waals surface area contributed by atoms with Crippen LogP contribution in [0.5, 0.6) is 0 Å². The summed E-state index contributed by atoms with van der Waals surface area (Å²) in [7, 11) is 0. The van der Waals surface area contributed by atoms with E-state index in [2.05, 4.69) is 10.6 Å². The highest BCUT2D eigenvalue weighted by atomic mass is 19.4. The Morgan fingerprint density at radius 2 is 1.78 bits per heavy atom. The van der Waals surface area contributed by atoms with Gasteiger partial charge in [0.25, 0.3) is 5.69 Å². The Morgan fingerprint density at radius 1 is 1.07 bits per heavy atom. The number of anilines is 1. The molecule has 2 rings (SSSR count). The molecule has 9 heteroatoms. The first-order chi connectivity index (χ1) is 12.8. The van der Waals surface area contributed by atoms with Crippen molar-refractivity contribution in [3.05, 3.63) is 69.8 Å². The lowest BCUT2D eigenvalue weighted by molar-refractivity contribution is -0.384. The summed E-state index contributed by atoms with van der Waals surface area (Å²) in [4.78, 5) is 21.9. The van der Waals surface area contributed by atoms with E-state index in [1.165, 1.54) is 0 Å². The molecule has 144 valence electrons. The second-order valence-electron chi connectivity index (χ2n) is 5.75. The number of alkyl halides is 3. The van der Waals surface area contributed by atoms with E-state index in [0.717, 1.165) is 17.7 Å². The molecule has 0 fully saturated rings. The van der Waals surface area contributed by atoms with Crippen LogP contribution in [0.3, 0.4) is 0 Å². The number of hydrogen-bond acceptors (Lipinski definition) is 4. The average molecular weight is 381 g/mol. The molecule has 0 radical (unpaired) electrons. The van der Waals surface area contributed by atoms with Gasteiger partial charge in [0.15, 0.2) is 0 Å². The van der Waals surface area contributed by atoms with E-state index in [1.807, 2.05) is 30.3 Å². The molecule has 2 N–H and O–H groups in total. The van der Waals surface area contributed by atoms with Crippen LogP contribution in [0.15, 0.2) is 48.5 Å². The van der Waals surface area contributed by atoms with Crippen LogP contribution in [0.25, 0.3) is 0 Å². The molecule has 0 aliphatic carbocycles. The monoisotopic (exact) mass is 381 g/mol. The maximum Gasteiger partial charge on any atom is 0.416 e. The topological polar surface area (TPSA) is 84.3 Å². The Kier molecular flexibility index (Phi) is 6.75. The number of carbonyl (C=O) groups excluding carboxylic acids is 1. The first kappa shape index (κ1) is 20.2. The minimum absolute atomic E-state index is 0.0356. The number of halogens is 3. The highest BCUT2D eigenvalue weighted by Gasteiger charge is 2.32. The molecular weight excluding hydrogens is 363 g/mol. The van der Waals surface area contributed by atoms with Crippen molar-refractivity contribution in [2.45, 2.75) is 19.0 Å². The number of amides is 1. The number of aryl methyl sites for hydroxylation is 1. The van der Waals surface area contributed by atoms with E-state index in [1.54, 1.807) is 0 Å². The average Bonchev–Trinajstić information content (AvgIpc) is 2.63. The summed E-state index contributed by atoms with van der Waals surface area (Å²) in [5.74, 6) is -0.178. The summed E-state index contributed by atoms with van der Waals surface area (Å²) in [6.07, 6.45) is -3.77. The van der Waals surface area contributed by atoms with E-state index in [0.29, 0.717) is 18.9 Å². The highest BCUT2D eigenvalue weighted by Crippen LogP contribution is 2.34. The number of nitro groups is 1. The Hall–Kier alpha value is -3.10. The van der Waals surface area contributed by atoms with Gasteiger partial charge in [0.2, 0.25) is 5.91 Å². The van der Waals surface area contributed by atoms with Crippen LogP contribution < -0.4 is 10.6 Å². The third-order valence-electron chi connectivity index (χ3n) is 3.77. The molecule has 0 unspecified atom stereocenters. The standard InChI is InChI=1S/C18H18F3N3O3/c19-18(20,21)14-7-8-15(16(12-14)24(26)27)22-10-11-23-17(25)9-6-13-4-2-1-3-5-13/h1-5,7-8,12,22H,6,9-11H2,(H,23,25). The zero-order valence-electron chi connectivity index (χ0n) is 14.3. The molecule has 0 bridgehead atoms. The van der Waals surface area contributed by atoms with Crippen molar-refractivity contribution < 1.29 is 22.9 Å². The fourth-order valence-electron chi connectivity index (χ4n) is 2.40. The first-order valence-electron chi connectivity index (χ1n) is 8.17. The molecule has 0 heterocycles. The fourth-order valence-corrected chi connectivity index (χ4v) is 2.40. The van der Waals surface area contributed by atoms with E-state index >= 15 is 0 Å². The third-order valence-corrected chi connectivity index (χ3v) is 3.77. The third kappa shape index (κ3) is 6.28. The van der Waals surface area contributed by atoms with Crippen LogP contribution in [0.4, 0.5) is 24.5 Å². The molecule has 0 atom stereocenters. The van der Waals surface area contributed by atoms with Crippen LogP contribution in [-0.4, -0.2) is 23.9 Å². The molecule has 1 amide bonds. The van der Waals surface area contributed by atoms with Crippen molar-refractivity contribution in [1.29, 1.82) is 0 Å². The normalized spacial score (nSPS) is 11.1. The molecule has 0 aliphatic rings. The summed E-state index contributed by atoms with van der Waals surface area (Å²) in [6, 6.07) is 11.8. The summed E-state index contributed by atoms with van der Waals surface area (Å²) in [6.45, 7) is 0.328. The van der Waals surface area contributed by atoms with Gasteiger partial charge < -0.3 is 10.6 Å². The Labute approximate surface area is 153 Å². The van der Waals surface area contributed by atoms with Gasteiger partial charge in [-0.1, -0.05) is 30.3 Å². The maximum atomic E-state index is 12.7. The lowest BCUT2D eigenvalue weighted by atomic mass is 10.1. The van der Waals surface area contributed by atoms with Crippen molar-refractivity contribution >= 4 is 17.3 Å². The Bertz CT molecular complexity index is 795. The van der Waals surface area contributed by atoms with Crippen molar-refractivity contribution in [2.24, 2.45) is 0 Å². The van der Waals surface area contributed by atoms with E-state index < -0.39 is 22.4 Å². The fraction of sp³-hybridized carbons (Fsp3) is 0.278. The molecule has 0 aromatic heterocycles. The Morgan fingerprint density at radius 3 is 2.41 bits per heavy atom. The van der Waals surface area contributed by atoms with Crippen LogP contribution in [-0.2, 0) is 17.4 Å². The molecule has 2 aromatic carbocycles. The SMILES string of the molecule is O=C(CCc1ccccc1)NCCNc1ccc(C(F)(F)F)cc1[N+](=O)[O-]. The largest absolute Gasteiger partial charge is 0.416 e. The minimum Gasteiger partial charge on any atom is -0.378 e. The number of carbonyl (C=O) groups is 1. The maximum absolute atomic E-state index is 12.7. The highest BCUT2D eigenvalue weighted by molar-refractivity contribution is 5.76. The van der Waals surface area contributed by atoms with E-state index in [-0.39, 0.29) is 24.7 Å². The molecule has 0 saturated carbocycles. The van der Waals surface area contributed by atoms with Gasteiger partial charge in [0.1, 0.15) is 5.69 Å². The minimum atomic E-state index is -4.66. The zero-order valence-corrected chi connectivity index (χ0v) is 14.3. The van der Waals surface area contributed by atoms with Crippen LogP contribution in [0.1, 0.15) is 17.5 Å². The summed E-state index contributed by atoms with van der Waals surface area (Å²) < 4.78 is 38.0. The van der Waals surface area contributed by atoms with Crippen LogP contribution >= 0.6 is 0 Å². The second kappa shape index (κ2) is 9.02. The quantitative estimate of drug-likeness (QED) is 0.414. The molecule has 0 aliphatic heterocycles. The second-order valence-corrected chi connectivity index (χ2v) is 5.75. The molecule has 0 saturated heterocycles. The number of rotatable bonds is 8. The van der Waals surface area contributed by atoms with E-state index in [9.17, 15) is 28.1 Å².